The number of thiocarbonyl (C=S) groups is 1. The highest BCUT2D eigenvalue weighted by Crippen LogP contribution is 2.42. The van der Waals surface area contributed by atoms with Crippen LogP contribution in [0.4, 0.5) is 5.82 Å². The highest BCUT2D eigenvalue weighted by atomic mass is 35.5. The van der Waals surface area contributed by atoms with Crippen molar-refractivity contribution in [2.45, 2.75) is 18.4 Å². The van der Waals surface area contributed by atoms with E-state index in [1.54, 1.807) is 18.3 Å². The molecule has 0 amide bonds. The summed E-state index contributed by atoms with van der Waals surface area (Å²) in [6.45, 7) is 0. The second-order valence-electron chi connectivity index (χ2n) is 4.82. The largest absolute Gasteiger partial charge is 0.359 e. The Balaban J connectivity index is 1.60. The summed E-state index contributed by atoms with van der Waals surface area (Å²) in [7, 11) is 0. The lowest BCUT2D eigenvalue weighted by Crippen LogP contribution is -2.31. The standard InChI is InChI=1S/C14H11ClN6S/c15-10-2-1-4-17-12(10)9-6-11(9)19-14(22)20-13-8(7-16)3-5-18-21-13/h1-5,9,11H,6H2,(H2,19,20,21,22). The van der Waals surface area contributed by atoms with Crippen molar-refractivity contribution in [3.8, 4) is 6.07 Å². The molecule has 0 spiro atoms. The molecule has 2 N–H and O–H groups in total. The number of anilines is 1. The first-order chi connectivity index (χ1) is 10.7. The predicted octanol–water partition coefficient (Wildman–Crippen LogP) is 2.24. The third kappa shape index (κ3) is 3.13. The fraction of sp³-hybridized carbons (Fsp3) is 0.214. The fourth-order valence-corrected chi connectivity index (χ4v) is 2.66. The number of rotatable bonds is 3. The van der Waals surface area contributed by atoms with E-state index in [4.69, 9.17) is 29.1 Å². The predicted molar refractivity (Wildman–Crippen MR) is 86.5 cm³/mol. The summed E-state index contributed by atoms with van der Waals surface area (Å²) in [6.07, 6.45) is 4.09. The Morgan fingerprint density at radius 2 is 2.27 bits per heavy atom. The molecule has 2 heterocycles. The van der Waals surface area contributed by atoms with Gasteiger partial charge in [0.05, 0.1) is 22.5 Å². The van der Waals surface area contributed by atoms with E-state index < -0.39 is 0 Å². The number of nitrogens with one attached hydrogen (secondary N) is 2. The Labute approximate surface area is 137 Å². The van der Waals surface area contributed by atoms with Gasteiger partial charge in [0.25, 0.3) is 0 Å². The Morgan fingerprint density at radius 1 is 1.41 bits per heavy atom. The van der Waals surface area contributed by atoms with Crippen LogP contribution >= 0.6 is 23.8 Å². The third-order valence-corrected chi connectivity index (χ3v) is 3.86. The molecule has 1 aliphatic carbocycles. The van der Waals surface area contributed by atoms with Crippen LogP contribution in [0.3, 0.4) is 0 Å². The van der Waals surface area contributed by atoms with Gasteiger partial charge in [-0.3, -0.25) is 4.98 Å². The van der Waals surface area contributed by atoms with Gasteiger partial charge in [-0.05, 0) is 36.8 Å². The van der Waals surface area contributed by atoms with Crippen molar-refractivity contribution in [1.29, 1.82) is 5.26 Å². The van der Waals surface area contributed by atoms with Crippen molar-refractivity contribution in [3.05, 3.63) is 46.9 Å². The van der Waals surface area contributed by atoms with Crippen molar-refractivity contribution in [2.24, 2.45) is 0 Å². The van der Waals surface area contributed by atoms with Crippen LogP contribution in [0.25, 0.3) is 0 Å². The summed E-state index contributed by atoms with van der Waals surface area (Å²) in [5, 5.41) is 23.7. The second kappa shape index (κ2) is 6.22. The van der Waals surface area contributed by atoms with Gasteiger partial charge in [-0.25, -0.2) is 0 Å². The van der Waals surface area contributed by atoms with Gasteiger partial charge < -0.3 is 10.6 Å². The number of nitrogens with zero attached hydrogens (tertiary/aromatic N) is 4. The topological polar surface area (TPSA) is 86.5 Å². The van der Waals surface area contributed by atoms with Crippen LogP contribution in [0.2, 0.25) is 5.02 Å². The minimum absolute atomic E-state index is 0.176. The number of hydrogen-bond donors (Lipinski definition) is 2. The van der Waals surface area contributed by atoms with Crippen LogP contribution in [0.5, 0.6) is 0 Å². The maximum atomic E-state index is 9.00. The summed E-state index contributed by atoms with van der Waals surface area (Å²) in [6, 6.07) is 7.42. The average Bonchev–Trinajstić information content (AvgIpc) is 3.27. The zero-order chi connectivity index (χ0) is 15.5. The molecule has 2 atom stereocenters. The first kappa shape index (κ1) is 14.6. The molecular weight excluding hydrogens is 320 g/mol. The molecule has 22 heavy (non-hydrogen) atoms. The highest BCUT2D eigenvalue weighted by molar-refractivity contribution is 7.80. The molecule has 0 aliphatic heterocycles. The smallest absolute Gasteiger partial charge is 0.172 e. The van der Waals surface area contributed by atoms with Crippen LogP contribution in [-0.4, -0.2) is 26.3 Å². The zero-order valence-corrected chi connectivity index (χ0v) is 12.9. The van der Waals surface area contributed by atoms with Crippen LogP contribution < -0.4 is 10.6 Å². The first-order valence-electron chi connectivity index (χ1n) is 6.58. The van der Waals surface area contributed by atoms with Gasteiger partial charge in [0.2, 0.25) is 0 Å². The molecule has 6 nitrogen and oxygen atoms in total. The molecule has 1 fully saturated rings. The lowest BCUT2D eigenvalue weighted by Gasteiger charge is -2.10. The number of nitriles is 1. The Hall–Kier alpha value is -2.30. The summed E-state index contributed by atoms with van der Waals surface area (Å²) in [5.41, 5.74) is 1.26. The highest BCUT2D eigenvalue weighted by Gasteiger charge is 2.41. The van der Waals surface area contributed by atoms with E-state index in [1.165, 1.54) is 6.20 Å². The average molecular weight is 331 g/mol. The maximum Gasteiger partial charge on any atom is 0.172 e. The fourth-order valence-electron chi connectivity index (χ4n) is 2.15. The van der Waals surface area contributed by atoms with E-state index in [0.29, 0.717) is 21.5 Å². The minimum atomic E-state index is 0.176. The SMILES string of the molecule is N#Cc1ccnnc1NC(=S)NC1CC1c1ncccc1Cl. The zero-order valence-electron chi connectivity index (χ0n) is 11.3. The molecular formula is C14H11ClN6S. The van der Waals surface area contributed by atoms with Crippen molar-refractivity contribution < 1.29 is 0 Å². The van der Waals surface area contributed by atoms with E-state index in [-0.39, 0.29) is 12.0 Å². The van der Waals surface area contributed by atoms with E-state index in [0.717, 1.165) is 12.1 Å². The Kier molecular flexibility index (Phi) is 4.13. The number of hydrogen-bond acceptors (Lipinski definition) is 5. The van der Waals surface area contributed by atoms with Gasteiger partial charge in [0, 0.05) is 18.2 Å². The van der Waals surface area contributed by atoms with Crippen molar-refractivity contribution in [1.82, 2.24) is 20.5 Å². The molecule has 3 rings (SSSR count). The normalized spacial score (nSPS) is 19.1. The van der Waals surface area contributed by atoms with Crippen LogP contribution in [0, 0.1) is 11.3 Å². The van der Waals surface area contributed by atoms with Gasteiger partial charge in [0.15, 0.2) is 10.9 Å². The van der Waals surface area contributed by atoms with E-state index in [1.807, 2.05) is 12.1 Å². The van der Waals surface area contributed by atoms with Crippen molar-refractivity contribution >= 4 is 34.7 Å². The molecule has 110 valence electrons. The van der Waals surface area contributed by atoms with Gasteiger partial charge in [0.1, 0.15) is 6.07 Å². The molecule has 0 bridgehead atoms. The molecule has 2 aromatic heterocycles. The Morgan fingerprint density at radius 3 is 3.05 bits per heavy atom. The number of pyridine rings is 1. The molecule has 2 unspecified atom stereocenters. The number of halogens is 1. The molecule has 0 saturated heterocycles. The van der Waals surface area contributed by atoms with Gasteiger partial charge in [-0.1, -0.05) is 11.6 Å². The molecule has 0 radical (unpaired) electrons. The molecule has 0 aromatic carbocycles. The molecule has 1 aliphatic rings. The molecule has 8 heteroatoms. The molecule has 1 saturated carbocycles. The van der Waals surface area contributed by atoms with Crippen LogP contribution in [0.15, 0.2) is 30.6 Å². The Bertz CT molecular complexity index is 759. The lowest BCUT2D eigenvalue weighted by molar-refractivity contribution is 0.857. The van der Waals surface area contributed by atoms with Crippen LogP contribution in [0.1, 0.15) is 23.6 Å². The summed E-state index contributed by atoms with van der Waals surface area (Å²) >= 11 is 11.4. The quantitative estimate of drug-likeness (QED) is 0.834. The van der Waals surface area contributed by atoms with E-state index in [9.17, 15) is 0 Å². The van der Waals surface area contributed by atoms with Gasteiger partial charge >= 0.3 is 0 Å². The van der Waals surface area contributed by atoms with Crippen molar-refractivity contribution in [2.75, 3.05) is 5.32 Å². The van der Waals surface area contributed by atoms with Gasteiger partial charge in [-0.2, -0.15) is 10.4 Å². The summed E-state index contributed by atoms with van der Waals surface area (Å²) < 4.78 is 0. The van der Waals surface area contributed by atoms with Gasteiger partial charge in [-0.15, -0.1) is 5.10 Å². The van der Waals surface area contributed by atoms with E-state index in [2.05, 4.69) is 25.8 Å². The summed E-state index contributed by atoms with van der Waals surface area (Å²) in [4.78, 5) is 4.31. The number of aromatic nitrogens is 3. The minimum Gasteiger partial charge on any atom is -0.359 e. The van der Waals surface area contributed by atoms with Crippen LogP contribution in [-0.2, 0) is 0 Å². The van der Waals surface area contributed by atoms with E-state index >= 15 is 0 Å². The monoisotopic (exact) mass is 330 g/mol. The summed E-state index contributed by atoms with van der Waals surface area (Å²) in [5.74, 6) is 0.585. The second-order valence-corrected chi connectivity index (χ2v) is 5.64. The maximum absolute atomic E-state index is 9.00. The molecule has 2 aromatic rings. The van der Waals surface area contributed by atoms with Crippen molar-refractivity contribution in [3.63, 3.8) is 0 Å². The lowest BCUT2D eigenvalue weighted by atomic mass is 10.2. The third-order valence-electron chi connectivity index (χ3n) is 3.32. The first-order valence-corrected chi connectivity index (χ1v) is 7.37.